The van der Waals surface area contributed by atoms with Crippen molar-refractivity contribution in [2.75, 3.05) is 32.9 Å². The lowest BCUT2D eigenvalue weighted by molar-refractivity contribution is -0.0348. The van der Waals surface area contributed by atoms with Crippen LogP contribution in [-0.2, 0) is 9.47 Å². The second kappa shape index (κ2) is 7.68. The summed E-state index contributed by atoms with van der Waals surface area (Å²) in [6.07, 6.45) is 6.62. The number of morpholine rings is 1. The molecule has 1 saturated heterocycles. The Labute approximate surface area is 172 Å². The van der Waals surface area contributed by atoms with Gasteiger partial charge in [0.15, 0.2) is 0 Å². The van der Waals surface area contributed by atoms with Gasteiger partial charge >= 0.3 is 0 Å². The lowest BCUT2D eigenvalue weighted by Crippen LogP contribution is -2.51. The maximum Gasteiger partial charge on any atom is 0.0776 e. The molecule has 4 heteroatoms. The molecule has 3 atom stereocenters. The summed E-state index contributed by atoms with van der Waals surface area (Å²) in [6.45, 7) is 20.4. The molecule has 3 rings (SSSR count). The Bertz CT molecular complexity index is 583. The second-order valence-electron chi connectivity index (χ2n) is 11.6. The quantitative estimate of drug-likeness (QED) is 0.679. The third-order valence-corrected chi connectivity index (χ3v) is 7.66. The van der Waals surface area contributed by atoms with E-state index in [0.29, 0.717) is 5.92 Å². The first kappa shape index (κ1) is 22.3. The lowest BCUT2D eigenvalue weighted by atomic mass is 9.74. The van der Waals surface area contributed by atoms with Crippen LogP contribution in [0.2, 0.25) is 0 Å². The Morgan fingerprint density at radius 3 is 2.25 bits per heavy atom. The van der Waals surface area contributed by atoms with Crippen LogP contribution in [0.4, 0.5) is 0 Å². The molecule has 3 aliphatic rings. The highest BCUT2D eigenvalue weighted by molar-refractivity contribution is 5.21. The SMILES string of the molecule is CC(C)(CC1CC1(O)C(C)(C)C)C1=CC(CC(C)(C)N2CCOCC2)OCC1. The van der Waals surface area contributed by atoms with Gasteiger partial charge in [0.05, 0.1) is 31.5 Å². The van der Waals surface area contributed by atoms with Gasteiger partial charge in [-0.1, -0.05) is 46.3 Å². The molecule has 1 N–H and O–H groups in total. The van der Waals surface area contributed by atoms with Crippen molar-refractivity contribution in [1.29, 1.82) is 0 Å². The summed E-state index contributed by atoms with van der Waals surface area (Å²) in [5.41, 5.74) is 1.21. The molecule has 0 aromatic rings. The van der Waals surface area contributed by atoms with Crippen LogP contribution in [0.5, 0.6) is 0 Å². The van der Waals surface area contributed by atoms with Crippen molar-refractivity contribution in [1.82, 2.24) is 4.90 Å². The fraction of sp³-hybridized carbons (Fsp3) is 0.917. The number of ether oxygens (including phenoxy) is 2. The minimum atomic E-state index is -0.492. The van der Waals surface area contributed by atoms with E-state index in [-0.39, 0.29) is 22.5 Å². The van der Waals surface area contributed by atoms with Crippen LogP contribution >= 0.6 is 0 Å². The van der Waals surface area contributed by atoms with Crippen LogP contribution in [0.15, 0.2) is 11.6 Å². The molecular formula is C24H43NO3. The highest BCUT2D eigenvalue weighted by Gasteiger charge is 2.60. The molecule has 0 radical (unpaired) electrons. The van der Waals surface area contributed by atoms with Crippen LogP contribution < -0.4 is 0 Å². The molecule has 0 amide bonds. The molecule has 162 valence electrons. The second-order valence-corrected chi connectivity index (χ2v) is 11.6. The lowest BCUT2D eigenvalue weighted by Gasteiger charge is -2.43. The van der Waals surface area contributed by atoms with E-state index in [2.05, 4.69) is 59.4 Å². The van der Waals surface area contributed by atoms with Gasteiger partial charge in [-0.25, -0.2) is 0 Å². The Hall–Kier alpha value is -0.420. The number of aliphatic hydroxyl groups is 1. The van der Waals surface area contributed by atoms with E-state index >= 15 is 0 Å². The van der Waals surface area contributed by atoms with Gasteiger partial charge in [0.1, 0.15) is 0 Å². The molecule has 2 heterocycles. The summed E-state index contributed by atoms with van der Waals surface area (Å²) < 4.78 is 11.7. The zero-order valence-corrected chi connectivity index (χ0v) is 19.3. The van der Waals surface area contributed by atoms with E-state index in [1.54, 1.807) is 0 Å². The first-order chi connectivity index (χ1) is 12.9. The summed E-state index contributed by atoms with van der Waals surface area (Å²) in [5.74, 6) is 0.412. The molecule has 2 fully saturated rings. The molecule has 0 aromatic heterocycles. The molecule has 0 bridgehead atoms. The van der Waals surface area contributed by atoms with Crippen molar-refractivity contribution in [3.05, 3.63) is 11.6 Å². The highest BCUT2D eigenvalue weighted by atomic mass is 16.5. The van der Waals surface area contributed by atoms with Crippen LogP contribution in [-0.4, -0.2) is 60.2 Å². The van der Waals surface area contributed by atoms with E-state index in [9.17, 15) is 5.11 Å². The molecule has 2 aliphatic heterocycles. The summed E-state index contributed by atoms with van der Waals surface area (Å²) in [4.78, 5) is 2.54. The van der Waals surface area contributed by atoms with Gasteiger partial charge in [-0.3, -0.25) is 4.90 Å². The summed E-state index contributed by atoms with van der Waals surface area (Å²) in [5, 5.41) is 11.0. The van der Waals surface area contributed by atoms with E-state index in [0.717, 1.165) is 58.6 Å². The zero-order valence-electron chi connectivity index (χ0n) is 19.3. The van der Waals surface area contributed by atoms with E-state index in [4.69, 9.17) is 9.47 Å². The van der Waals surface area contributed by atoms with Crippen molar-refractivity contribution in [3.8, 4) is 0 Å². The van der Waals surface area contributed by atoms with Crippen molar-refractivity contribution < 1.29 is 14.6 Å². The molecule has 3 unspecified atom stereocenters. The molecule has 1 aliphatic carbocycles. The average Bonchev–Trinajstić information content (AvgIpc) is 3.26. The Balaban J connectivity index is 1.64. The molecule has 0 aromatic carbocycles. The van der Waals surface area contributed by atoms with Crippen LogP contribution in [0.1, 0.15) is 74.1 Å². The van der Waals surface area contributed by atoms with Crippen molar-refractivity contribution in [3.63, 3.8) is 0 Å². The minimum Gasteiger partial charge on any atom is -0.389 e. The van der Waals surface area contributed by atoms with Gasteiger partial charge in [0.25, 0.3) is 0 Å². The predicted molar refractivity (Wildman–Crippen MR) is 114 cm³/mol. The van der Waals surface area contributed by atoms with Crippen LogP contribution in [0, 0.1) is 16.7 Å². The van der Waals surface area contributed by atoms with Gasteiger partial charge in [0.2, 0.25) is 0 Å². The predicted octanol–water partition coefficient (Wildman–Crippen LogP) is 4.42. The summed E-state index contributed by atoms with van der Waals surface area (Å²) >= 11 is 0. The first-order valence-electron chi connectivity index (χ1n) is 11.2. The first-order valence-corrected chi connectivity index (χ1v) is 11.2. The molecule has 28 heavy (non-hydrogen) atoms. The monoisotopic (exact) mass is 393 g/mol. The fourth-order valence-corrected chi connectivity index (χ4v) is 5.37. The van der Waals surface area contributed by atoms with Gasteiger partial charge in [-0.05, 0) is 56.3 Å². The Morgan fingerprint density at radius 2 is 1.68 bits per heavy atom. The molecule has 1 saturated carbocycles. The zero-order chi connectivity index (χ0) is 20.8. The van der Waals surface area contributed by atoms with E-state index in [1.165, 1.54) is 5.57 Å². The number of hydrogen-bond donors (Lipinski definition) is 1. The van der Waals surface area contributed by atoms with Gasteiger partial charge in [0, 0.05) is 18.6 Å². The van der Waals surface area contributed by atoms with Crippen LogP contribution in [0.3, 0.4) is 0 Å². The van der Waals surface area contributed by atoms with E-state index < -0.39 is 5.60 Å². The minimum absolute atomic E-state index is 0.0392. The standard InChI is InChI=1S/C24H43NO3/c1-21(2,3)24(26)16-19(24)15-22(4,5)18-8-11-28-20(14-18)17-23(6,7)25-9-12-27-13-10-25/h14,19-20,26H,8-13,15-17H2,1-7H3. The van der Waals surface area contributed by atoms with Gasteiger partial charge in [-0.2, -0.15) is 0 Å². The Kier molecular flexibility index (Phi) is 6.11. The largest absolute Gasteiger partial charge is 0.389 e. The topological polar surface area (TPSA) is 41.9 Å². The van der Waals surface area contributed by atoms with E-state index in [1.807, 2.05) is 0 Å². The number of rotatable bonds is 6. The summed E-state index contributed by atoms with van der Waals surface area (Å²) in [6, 6.07) is 0. The molecule has 0 spiro atoms. The summed E-state index contributed by atoms with van der Waals surface area (Å²) in [7, 11) is 0. The fourth-order valence-electron chi connectivity index (χ4n) is 5.37. The third kappa shape index (κ3) is 4.66. The number of hydrogen-bond acceptors (Lipinski definition) is 4. The normalized spacial score (nSPS) is 32.9. The molecule has 4 nitrogen and oxygen atoms in total. The maximum atomic E-state index is 11.0. The number of nitrogens with zero attached hydrogens (tertiary/aromatic N) is 1. The maximum absolute atomic E-state index is 11.0. The van der Waals surface area contributed by atoms with Crippen molar-refractivity contribution >= 4 is 0 Å². The van der Waals surface area contributed by atoms with Crippen LogP contribution in [0.25, 0.3) is 0 Å². The Morgan fingerprint density at radius 1 is 1.04 bits per heavy atom. The highest BCUT2D eigenvalue weighted by Crippen LogP contribution is 2.59. The van der Waals surface area contributed by atoms with Gasteiger partial charge < -0.3 is 14.6 Å². The molecular weight excluding hydrogens is 350 g/mol. The smallest absolute Gasteiger partial charge is 0.0776 e. The average molecular weight is 394 g/mol. The third-order valence-electron chi connectivity index (χ3n) is 7.66. The van der Waals surface area contributed by atoms with Gasteiger partial charge in [-0.15, -0.1) is 0 Å². The van der Waals surface area contributed by atoms with Crippen molar-refractivity contribution in [2.45, 2.75) is 91.4 Å². The van der Waals surface area contributed by atoms with Crippen molar-refractivity contribution in [2.24, 2.45) is 16.7 Å².